The molecule has 0 amide bonds. The second-order valence-electron chi connectivity index (χ2n) is 7.21. The van der Waals surface area contributed by atoms with Crippen molar-refractivity contribution in [2.45, 2.75) is 32.9 Å². The molecule has 1 aliphatic rings. The molecule has 1 saturated heterocycles. The Labute approximate surface area is 165 Å². The van der Waals surface area contributed by atoms with Crippen LogP contribution < -0.4 is 15.4 Å². The summed E-state index contributed by atoms with van der Waals surface area (Å²) in [5.74, 6) is 1.75. The number of nitrogens with one attached hydrogen (secondary N) is 2. The summed E-state index contributed by atoms with van der Waals surface area (Å²) >= 11 is 0. The van der Waals surface area contributed by atoms with Crippen LogP contribution in [0.4, 0.5) is 13.2 Å². The molecule has 2 N–H and O–H groups in total. The Bertz CT molecular complexity index is 649. The molecule has 0 radical (unpaired) electrons. The zero-order valence-electron chi connectivity index (χ0n) is 16.9. The van der Waals surface area contributed by atoms with Gasteiger partial charge >= 0.3 is 6.18 Å². The van der Waals surface area contributed by atoms with E-state index in [4.69, 9.17) is 4.74 Å². The monoisotopic (exact) mass is 400 g/mol. The van der Waals surface area contributed by atoms with Crippen molar-refractivity contribution in [1.82, 2.24) is 15.5 Å². The average molecular weight is 400 g/mol. The molecule has 1 unspecified atom stereocenters. The average Bonchev–Trinajstić information content (AvgIpc) is 3.06. The van der Waals surface area contributed by atoms with Crippen molar-refractivity contribution in [2.24, 2.45) is 10.9 Å². The summed E-state index contributed by atoms with van der Waals surface area (Å²) in [6, 6.07) is 6.16. The minimum Gasteiger partial charge on any atom is -0.496 e. The summed E-state index contributed by atoms with van der Waals surface area (Å²) < 4.78 is 42.9. The number of aryl methyl sites for hydroxylation is 1. The van der Waals surface area contributed by atoms with Crippen LogP contribution in [0.1, 0.15) is 24.5 Å². The number of benzene rings is 1. The lowest BCUT2D eigenvalue weighted by molar-refractivity contribution is -0.143. The van der Waals surface area contributed by atoms with Gasteiger partial charge in [-0.25, -0.2) is 0 Å². The van der Waals surface area contributed by atoms with Crippen LogP contribution in [-0.2, 0) is 6.42 Å². The Morgan fingerprint density at radius 2 is 2.11 bits per heavy atom. The maximum atomic E-state index is 12.5. The topological polar surface area (TPSA) is 48.9 Å². The number of guanidine groups is 1. The molecule has 0 aromatic heterocycles. The Morgan fingerprint density at radius 1 is 1.32 bits per heavy atom. The molecular formula is C20H31F3N4O. The van der Waals surface area contributed by atoms with Gasteiger partial charge in [0.2, 0.25) is 0 Å². The Hall–Kier alpha value is -1.96. The van der Waals surface area contributed by atoms with E-state index in [9.17, 15) is 13.2 Å². The minimum absolute atomic E-state index is 0.166. The number of rotatable bonds is 8. The van der Waals surface area contributed by atoms with E-state index in [2.05, 4.69) is 21.7 Å². The number of hydrogen-bond donors (Lipinski definition) is 2. The van der Waals surface area contributed by atoms with E-state index in [1.165, 1.54) is 10.5 Å². The van der Waals surface area contributed by atoms with Crippen LogP contribution in [0.15, 0.2) is 23.2 Å². The first-order chi connectivity index (χ1) is 13.3. The van der Waals surface area contributed by atoms with Crippen LogP contribution in [-0.4, -0.2) is 63.4 Å². The van der Waals surface area contributed by atoms with Gasteiger partial charge in [-0.3, -0.25) is 9.89 Å². The third-order valence-electron chi connectivity index (χ3n) is 4.80. The van der Waals surface area contributed by atoms with Gasteiger partial charge in [-0.2, -0.15) is 13.2 Å². The Kier molecular flexibility index (Phi) is 8.41. The molecule has 1 atom stereocenters. The third kappa shape index (κ3) is 7.58. The summed E-state index contributed by atoms with van der Waals surface area (Å²) in [7, 11) is 1.67. The molecule has 2 rings (SSSR count). The highest BCUT2D eigenvalue weighted by molar-refractivity contribution is 5.79. The molecule has 0 aliphatic carbocycles. The van der Waals surface area contributed by atoms with Crippen LogP contribution in [0.5, 0.6) is 5.75 Å². The molecule has 5 nitrogen and oxygen atoms in total. The van der Waals surface area contributed by atoms with Crippen LogP contribution in [0.2, 0.25) is 0 Å². The fraction of sp³-hybridized carbons (Fsp3) is 0.650. The standard InChI is InChI=1S/C20H31F3N4O/c1-4-24-19(25-9-7-16-6-5-15(2)18(11-16)28-3)26-12-17-8-10-27(13-17)14-20(21,22)23/h5-6,11,17H,4,7-10,12-14H2,1-3H3,(H2,24,25,26). The highest BCUT2D eigenvalue weighted by atomic mass is 19.4. The third-order valence-corrected chi connectivity index (χ3v) is 4.80. The summed E-state index contributed by atoms with van der Waals surface area (Å²) in [6.45, 7) is 6.08. The summed E-state index contributed by atoms with van der Waals surface area (Å²) in [4.78, 5) is 6.03. The summed E-state index contributed by atoms with van der Waals surface area (Å²) in [5, 5.41) is 6.49. The molecule has 1 aliphatic heterocycles. The van der Waals surface area contributed by atoms with E-state index in [1.54, 1.807) is 7.11 Å². The fourth-order valence-corrected chi connectivity index (χ4v) is 3.37. The van der Waals surface area contributed by atoms with E-state index < -0.39 is 12.7 Å². The molecule has 28 heavy (non-hydrogen) atoms. The van der Waals surface area contributed by atoms with Gasteiger partial charge in [-0.1, -0.05) is 12.1 Å². The predicted molar refractivity (Wildman–Crippen MR) is 106 cm³/mol. The van der Waals surface area contributed by atoms with Crippen LogP contribution in [0.3, 0.4) is 0 Å². The van der Waals surface area contributed by atoms with E-state index in [0.717, 1.165) is 30.7 Å². The van der Waals surface area contributed by atoms with Crippen molar-refractivity contribution >= 4 is 5.96 Å². The number of likely N-dealkylation sites (tertiary alicyclic amines) is 1. The SMILES string of the molecule is CCNC(=NCC1CCN(CC(F)(F)F)C1)NCCc1ccc(C)c(OC)c1. The van der Waals surface area contributed by atoms with Crippen molar-refractivity contribution in [3.8, 4) is 5.75 Å². The number of nitrogens with zero attached hydrogens (tertiary/aromatic N) is 2. The summed E-state index contributed by atoms with van der Waals surface area (Å²) in [5.41, 5.74) is 2.27. The lowest BCUT2D eigenvalue weighted by Crippen LogP contribution is -2.38. The van der Waals surface area contributed by atoms with Crippen molar-refractivity contribution in [2.75, 3.05) is 46.4 Å². The van der Waals surface area contributed by atoms with Crippen molar-refractivity contribution in [1.29, 1.82) is 0 Å². The molecule has 158 valence electrons. The van der Waals surface area contributed by atoms with Crippen LogP contribution >= 0.6 is 0 Å². The summed E-state index contributed by atoms with van der Waals surface area (Å²) in [6.07, 6.45) is -2.56. The molecular weight excluding hydrogens is 369 g/mol. The first kappa shape index (κ1) is 22.3. The predicted octanol–water partition coefficient (Wildman–Crippen LogP) is 2.99. The number of aliphatic imine (C=N–C) groups is 1. The van der Waals surface area contributed by atoms with Crippen molar-refractivity contribution < 1.29 is 17.9 Å². The maximum Gasteiger partial charge on any atom is 0.401 e. The highest BCUT2D eigenvalue weighted by Gasteiger charge is 2.34. The molecule has 1 aromatic rings. The molecule has 8 heteroatoms. The van der Waals surface area contributed by atoms with Gasteiger partial charge < -0.3 is 15.4 Å². The maximum absolute atomic E-state index is 12.5. The molecule has 0 spiro atoms. The van der Waals surface area contributed by atoms with E-state index >= 15 is 0 Å². The quantitative estimate of drug-likeness (QED) is 0.520. The first-order valence-electron chi connectivity index (χ1n) is 9.75. The molecule has 0 saturated carbocycles. The number of methoxy groups -OCH3 is 1. The normalized spacial score (nSPS) is 18.4. The Balaban J connectivity index is 1.81. The largest absolute Gasteiger partial charge is 0.496 e. The van der Waals surface area contributed by atoms with Crippen molar-refractivity contribution in [3.63, 3.8) is 0 Å². The zero-order chi connectivity index (χ0) is 20.6. The number of alkyl halides is 3. The van der Waals surface area contributed by atoms with E-state index in [0.29, 0.717) is 32.1 Å². The van der Waals surface area contributed by atoms with Gasteiger partial charge in [-0.05, 0) is 56.3 Å². The van der Waals surface area contributed by atoms with Crippen molar-refractivity contribution in [3.05, 3.63) is 29.3 Å². The number of hydrogen-bond acceptors (Lipinski definition) is 3. The first-order valence-corrected chi connectivity index (χ1v) is 9.75. The zero-order valence-corrected chi connectivity index (χ0v) is 16.9. The minimum atomic E-state index is -4.13. The molecule has 1 heterocycles. The lowest BCUT2D eigenvalue weighted by atomic mass is 10.1. The van der Waals surface area contributed by atoms with Crippen LogP contribution in [0.25, 0.3) is 0 Å². The lowest BCUT2D eigenvalue weighted by Gasteiger charge is -2.17. The smallest absolute Gasteiger partial charge is 0.401 e. The van der Waals surface area contributed by atoms with Gasteiger partial charge in [0.25, 0.3) is 0 Å². The molecule has 1 aromatic carbocycles. The fourth-order valence-electron chi connectivity index (χ4n) is 3.37. The number of halogens is 3. The molecule has 1 fully saturated rings. The van der Waals surface area contributed by atoms with E-state index in [1.807, 2.05) is 26.0 Å². The van der Waals surface area contributed by atoms with Crippen LogP contribution in [0, 0.1) is 12.8 Å². The van der Waals surface area contributed by atoms with Gasteiger partial charge in [0.05, 0.1) is 13.7 Å². The second kappa shape index (κ2) is 10.5. The number of ether oxygens (including phenoxy) is 1. The van der Waals surface area contributed by atoms with Gasteiger partial charge in [0.15, 0.2) is 5.96 Å². The van der Waals surface area contributed by atoms with Gasteiger partial charge in [0.1, 0.15) is 5.75 Å². The van der Waals surface area contributed by atoms with Gasteiger partial charge in [0, 0.05) is 26.2 Å². The molecule has 0 bridgehead atoms. The van der Waals surface area contributed by atoms with E-state index in [-0.39, 0.29) is 5.92 Å². The van der Waals surface area contributed by atoms with Gasteiger partial charge in [-0.15, -0.1) is 0 Å². The highest BCUT2D eigenvalue weighted by Crippen LogP contribution is 2.23. The Morgan fingerprint density at radius 3 is 2.79 bits per heavy atom. The second-order valence-corrected chi connectivity index (χ2v) is 7.21.